The molecule has 19 heavy (non-hydrogen) atoms. The van der Waals surface area contributed by atoms with Crippen molar-refractivity contribution >= 4 is 29.3 Å². The van der Waals surface area contributed by atoms with E-state index in [-0.39, 0.29) is 5.91 Å². The van der Waals surface area contributed by atoms with Crippen molar-refractivity contribution in [3.8, 4) is 0 Å². The highest BCUT2D eigenvalue weighted by Crippen LogP contribution is 2.10. The average molecular weight is 281 g/mol. The van der Waals surface area contributed by atoms with E-state index in [1.54, 1.807) is 33.8 Å². The third kappa shape index (κ3) is 6.20. The van der Waals surface area contributed by atoms with Gasteiger partial charge in [0.1, 0.15) is 11.6 Å². The van der Waals surface area contributed by atoms with Gasteiger partial charge in [0.2, 0.25) is 5.91 Å². The molecule has 1 aromatic heterocycles. The number of rotatable bonds is 4. The molecule has 104 valence electrons. The van der Waals surface area contributed by atoms with Crippen LogP contribution < -0.4 is 5.32 Å². The number of carbonyl (C=O) groups excluding carboxylic acids is 2. The predicted molar refractivity (Wildman–Crippen MR) is 76.8 cm³/mol. The minimum atomic E-state index is -0.667. The Hall–Kier alpha value is -1.62. The maximum atomic E-state index is 11.7. The molecule has 0 fully saturated rings. The fourth-order valence-electron chi connectivity index (χ4n) is 1.25. The van der Waals surface area contributed by atoms with Crippen LogP contribution in [-0.2, 0) is 14.3 Å². The average Bonchev–Trinajstić information content (AvgIpc) is 2.76. The van der Waals surface area contributed by atoms with Gasteiger partial charge >= 0.3 is 5.97 Å². The Morgan fingerprint density at radius 1 is 1.42 bits per heavy atom. The van der Waals surface area contributed by atoms with Gasteiger partial charge in [-0.05, 0) is 45.2 Å². The zero-order valence-electron chi connectivity index (χ0n) is 11.6. The number of carbonyl (C=O) groups is 2. The molecular formula is C14H19NO3S. The topological polar surface area (TPSA) is 55.4 Å². The van der Waals surface area contributed by atoms with Gasteiger partial charge in [0.05, 0.1) is 0 Å². The van der Waals surface area contributed by atoms with Crippen molar-refractivity contribution in [3.05, 3.63) is 28.5 Å². The van der Waals surface area contributed by atoms with E-state index in [2.05, 4.69) is 5.32 Å². The maximum absolute atomic E-state index is 11.7. The molecular weight excluding hydrogens is 262 g/mol. The van der Waals surface area contributed by atoms with Crippen molar-refractivity contribution in [2.75, 3.05) is 0 Å². The van der Waals surface area contributed by atoms with Crippen LogP contribution in [0.5, 0.6) is 0 Å². The normalized spacial score (nSPS) is 13.3. The van der Waals surface area contributed by atoms with Crippen LogP contribution in [0.25, 0.3) is 6.08 Å². The Kier molecular flexibility index (Phi) is 5.30. The van der Waals surface area contributed by atoms with Crippen LogP contribution >= 0.6 is 11.3 Å². The van der Waals surface area contributed by atoms with E-state index in [1.165, 1.54) is 17.4 Å². The number of nitrogens with one attached hydrogen (secondary N) is 1. The second-order valence-corrected chi connectivity index (χ2v) is 6.09. The van der Waals surface area contributed by atoms with E-state index in [0.717, 1.165) is 4.88 Å². The second kappa shape index (κ2) is 6.52. The number of hydrogen-bond donors (Lipinski definition) is 1. The summed E-state index contributed by atoms with van der Waals surface area (Å²) in [5.41, 5.74) is -0.553. The molecule has 0 bridgehead atoms. The van der Waals surface area contributed by atoms with Gasteiger partial charge < -0.3 is 10.1 Å². The number of esters is 1. The molecule has 0 aliphatic rings. The number of thiophene rings is 1. The molecule has 0 aliphatic carbocycles. The minimum absolute atomic E-state index is 0.313. The first kappa shape index (κ1) is 15.4. The molecule has 0 spiro atoms. The van der Waals surface area contributed by atoms with E-state index in [1.807, 2.05) is 17.5 Å². The summed E-state index contributed by atoms with van der Waals surface area (Å²) in [4.78, 5) is 24.3. The lowest BCUT2D eigenvalue weighted by atomic mass is 10.2. The molecule has 4 nitrogen and oxygen atoms in total. The van der Waals surface area contributed by atoms with E-state index >= 15 is 0 Å². The van der Waals surface area contributed by atoms with Crippen molar-refractivity contribution in [3.63, 3.8) is 0 Å². The Morgan fingerprint density at radius 3 is 2.63 bits per heavy atom. The van der Waals surface area contributed by atoms with Gasteiger partial charge in [-0.25, -0.2) is 4.79 Å². The molecule has 0 saturated heterocycles. The molecule has 1 amide bonds. The largest absolute Gasteiger partial charge is 0.458 e. The van der Waals surface area contributed by atoms with Gasteiger partial charge in [0.25, 0.3) is 0 Å². The van der Waals surface area contributed by atoms with Crippen LogP contribution in [0, 0.1) is 0 Å². The highest BCUT2D eigenvalue weighted by molar-refractivity contribution is 7.10. The highest BCUT2D eigenvalue weighted by Gasteiger charge is 2.22. The zero-order valence-corrected chi connectivity index (χ0v) is 12.4. The minimum Gasteiger partial charge on any atom is -0.458 e. The van der Waals surface area contributed by atoms with Crippen LogP contribution in [0.15, 0.2) is 23.6 Å². The summed E-state index contributed by atoms with van der Waals surface area (Å²) in [6.45, 7) is 6.97. The summed E-state index contributed by atoms with van der Waals surface area (Å²) in [6.07, 6.45) is 3.12. The lowest BCUT2D eigenvalue weighted by molar-refractivity contribution is -0.157. The number of hydrogen-bond acceptors (Lipinski definition) is 4. The zero-order chi connectivity index (χ0) is 14.5. The molecule has 1 atom stereocenters. The molecule has 0 radical (unpaired) electrons. The van der Waals surface area contributed by atoms with Crippen molar-refractivity contribution in [2.24, 2.45) is 0 Å². The molecule has 5 heteroatoms. The third-order valence-electron chi connectivity index (χ3n) is 2.06. The molecule has 1 heterocycles. The van der Waals surface area contributed by atoms with Crippen LogP contribution in [0.3, 0.4) is 0 Å². The monoisotopic (exact) mass is 281 g/mol. The summed E-state index contributed by atoms with van der Waals surface area (Å²) in [7, 11) is 0. The molecule has 1 rings (SSSR count). The standard InChI is InChI=1S/C14H19NO3S/c1-10(13(17)18-14(2,3)4)15-12(16)8-7-11-6-5-9-19-11/h5-10H,1-4H3,(H,15,16)/b8-7+/t10-/m0/s1. The lowest BCUT2D eigenvalue weighted by Gasteiger charge is -2.22. The molecule has 0 aliphatic heterocycles. The first-order chi connectivity index (χ1) is 8.78. The van der Waals surface area contributed by atoms with Crippen molar-refractivity contribution in [1.82, 2.24) is 5.32 Å². The van der Waals surface area contributed by atoms with Gasteiger partial charge in [0, 0.05) is 11.0 Å². The molecule has 0 aromatic carbocycles. The van der Waals surface area contributed by atoms with Crippen LogP contribution in [0.4, 0.5) is 0 Å². The van der Waals surface area contributed by atoms with Crippen LogP contribution in [0.1, 0.15) is 32.6 Å². The Balaban J connectivity index is 2.46. The van der Waals surface area contributed by atoms with Crippen molar-refractivity contribution in [1.29, 1.82) is 0 Å². The fourth-order valence-corrected chi connectivity index (χ4v) is 1.87. The van der Waals surface area contributed by atoms with E-state index in [4.69, 9.17) is 4.74 Å². The Bertz CT molecular complexity index is 458. The summed E-state index contributed by atoms with van der Waals surface area (Å²) in [5.74, 6) is -0.753. The molecule has 0 unspecified atom stereocenters. The van der Waals surface area contributed by atoms with Crippen molar-refractivity contribution in [2.45, 2.75) is 39.3 Å². The summed E-state index contributed by atoms with van der Waals surface area (Å²) in [5, 5.41) is 4.50. The molecule has 1 N–H and O–H groups in total. The highest BCUT2D eigenvalue weighted by atomic mass is 32.1. The predicted octanol–water partition coefficient (Wildman–Crippen LogP) is 2.61. The fraction of sp³-hybridized carbons (Fsp3) is 0.429. The van der Waals surface area contributed by atoms with E-state index in [0.29, 0.717) is 0 Å². The summed E-state index contributed by atoms with van der Waals surface area (Å²) >= 11 is 1.54. The van der Waals surface area contributed by atoms with Crippen LogP contribution in [-0.4, -0.2) is 23.5 Å². The smallest absolute Gasteiger partial charge is 0.328 e. The Morgan fingerprint density at radius 2 is 2.11 bits per heavy atom. The number of amides is 1. The van der Waals surface area contributed by atoms with Gasteiger partial charge in [0.15, 0.2) is 0 Å². The first-order valence-electron chi connectivity index (χ1n) is 6.03. The Labute approximate surface area is 117 Å². The van der Waals surface area contributed by atoms with Crippen LogP contribution in [0.2, 0.25) is 0 Å². The SMILES string of the molecule is C[C@H](NC(=O)/C=C/c1cccs1)C(=O)OC(C)(C)C. The van der Waals surface area contributed by atoms with Gasteiger partial charge in [-0.3, -0.25) is 4.79 Å². The maximum Gasteiger partial charge on any atom is 0.328 e. The van der Waals surface area contributed by atoms with Gasteiger partial charge in [-0.1, -0.05) is 6.07 Å². The molecule has 1 aromatic rings. The third-order valence-corrected chi connectivity index (χ3v) is 2.90. The molecule has 0 saturated carbocycles. The first-order valence-corrected chi connectivity index (χ1v) is 6.91. The summed E-state index contributed by atoms with van der Waals surface area (Å²) in [6, 6.07) is 3.15. The van der Waals surface area contributed by atoms with E-state index in [9.17, 15) is 9.59 Å². The van der Waals surface area contributed by atoms with Gasteiger partial charge in [-0.15, -0.1) is 11.3 Å². The van der Waals surface area contributed by atoms with E-state index < -0.39 is 17.6 Å². The quantitative estimate of drug-likeness (QED) is 0.682. The summed E-state index contributed by atoms with van der Waals surface area (Å²) < 4.78 is 5.18. The lowest BCUT2D eigenvalue weighted by Crippen LogP contribution is -2.41. The van der Waals surface area contributed by atoms with Gasteiger partial charge in [-0.2, -0.15) is 0 Å². The van der Waals surface area contributed by atoms with Crippen molar-refractivity contribution < 1.29 is 14.3 Å². The number of ether oxygens (including phenoxy) is 1. The second-order valence-electron chi connectivity index (χ2n) is 5.11.